The minimum atomic E-state index is -1.29. The molecule has 0 saturated heterocycles. The SMILES string of the molecule is C=CCc1cc(C(=N)NC(=O)O)ccc1O. The zero-order valence-electron chi connectivity index (χ0n) is 8.53. The molecule has 0 radical (unpaired) electrons. The molecule has 16 heavy (non-hydrogen) atoms. The first-order valence-corrected chi connectivity index (χ1v) is 4.56. The van der Waals surface area contributed by atoms with E-state index in [2.05, 4.69) is 6.58 Å². The van der Waals surface area contributed by atoms with Gasteiger partial charge in [0.05, 0.1) is 0 Å². The average molecular weight is 220 g/mol. The zero-order chi connectivity index (χ0) is 12.1. The first-order chi connectivity index (χ1) is 7.54. The number of phenolic OH excluding ortho intramolecular Hbond substituents is 1. The van der Waals surface area contributed by atoms with Gasteiger partial charge in [-0.15, -0.1) is 6.58 Å². The van der Waals surface area contributed by atoms with Crippen molar-refractivity contribution in [1.82, 2.24) is 5.32 Å². The second kappa shape index (κ2) is 4.97. The second-order valence-electron chi connectivity index (χ2n) is 3.14. The molecule has 5 heteroatoms. The van der Waals surface area contributed by atoms with Crippen molar-refractivity contribution in [1.29, 1.82) is 5.41 Å². The summed E-state index contributed by atoms with van der Waals surface area (Å²) >= 11 is 0. The maximum Gasteiger partial charge on any atom is 0.410 e. The van der Waals surface area contributed by atoms with Crippen LogP contribution in [0.2, 0.25) is 0 Å². The molecule has 1 aromatic carbocycles. The molecule has 5 nitrogen and oxygen atoms in total. The van der Waals surface area contributed by atoms with Crippen LogP contribution >= 0.6 is 0 Å². The topological polar surface area (TPSA) is 93.4 Å². The van der Waals surface area contributed by atoms with Gasteiger partial charge in [-0.25, -0.2) is 4.79 Å². The van der Waals surface area contributed by atoms with E-state index in [0.717, 1.165) is 0 Å². The lowest BCUT2D eigenvalue weighted by Gasteiger charge is -2.07. The van der Waals surface area contributed by atoms with Crippen molar-refractivity contribution in [3.8, 4) is 5.75 Å². The molecule has 84 valence electrons. The van der Waals surface area contributed by atoms with Crippen LogP contribution in [0.4, 0.5) is 4.79 Å². The van der Waals surface area contributed by atoms with Gasteiger partial charge in [-0.1, -0.05) is 6.08 Å². The summed E-state index contributed by atoms with van der Waals surface area (Å²) in [5, 5.41) is 27.3. The Bertz CT molecular complexity index is 441. The molecular formula is C11H12N2O3. The average Bonchev–Trinajstić information content (AvgIpc) is 2.20. The van der Waals surface area contributed by atoms with Crippen LogP contribution < -0.4 is 5.32 Å². The second-order valence-corrected chi connectivity index (χ2v) is 3.14. The van der Waals surface area contributed by atoms with Crippen LogP contribution in [0, 0.1) is 5.41 Å². The first kappa shape index (κ1) is 11.8. The van der Waals surface area contributed by atoms with E-state index >= 15 is 0 Å². The Hall–Kier alpha value is -2.30. The van der Waals surface area contributed by atoms with Crippen molar-refractivity contribution in [3.05, 3.63) is 42.0 Å². The summed E-state index contributed by atoms with van der Waals surface area (Å²) in [6.45, 7) is 3.55. The summed E-state index contributed by atoms with van der Waals surface area (Å²) in [5.41, 5.74) is 1.00. The molecular weight excluding hydrogens is 208 g/mol. The number of amides is 1. The Labute approximate surface area is 92.6 Å². The maximum absolute atomic E-state index is 10.3. The highest BCUT2D eigenvalue weighted by Crippen LogP contribution is 2.19. The molecule has 1 rings (SSSR count). The summed E-state index contributed by atoms with van der Waals surface area (Å²) in [6.07, 6.45) is 0.788. The van der Waals surface area contributed by atoms with Gasteiger partial charge in [0.25, 0.3) is 0 Å². The molecule has 0 bridgehead atoms. The number of carbonyl (C=O) groups is 1. The Kier molecular flexibility index (Phi) is 3.66. The molecule has 0 atom stereocenters. The highest BCUT2D eigenvalue weighted by molar-refractivity contribution is 6.04. The number of benzene rings is 1. The van der Waals surface area contributed by atoms with Crippen LogP contribution in [0.1, 0.15) is 11.1 Å². The lowest BCUT2D eigenvalue weighted by molar-refractivity contribution is 0.200. The number of phenols is 1. The number of carboxylic acid groups (broad SMARTS) is 1. The molecule has 4 N–H and O–H groups in total. The Balaban J connectivity index is 2.97. The minimum Gasteiger partial charge on any atom is -0.508 e. The van der Waals surface area contributed by atoms with Crippen molar-refractivity contribution in [2.45, 2.75) is 6.42 Å². The highest BCUT2D eigenvalue weighted by atomic mass is 16.4. The van der Waals surface area contributed by atoms with E-state index in [0.29, 0.717) is 17.5 Å². The highest BCUT2D eigenvalue weighted by Gasteiger charge is 2.07. The van der Waals surface area contributed by atoms with Gasteiger partial charge in [0, 0.05) is 5.56 Å². The molecule has 0 aliphatic heterocycles. The van der Waals surface area contributed by atoms with Crippen LogP contribution in [-0.4, -0.2) is 22.1 Å². The van der Waals surface area contributed by atoms with Gasteiger partial charge in [-0.05, 0) is 30.2 Å². The molecule has 1 amide bonds. The van der Waals surface area contributed by atoms with E-state index in [4.69, 9.17) is 10.5 Å². The van der Waals surface area contributed by atoms with Crippen molar-refractivity contribution in [2.24, 2.45) is 0 Å². The fourth-order valence-electron chi connectivity index (χ4n) is 1.24. The monoisotopic (exact) mass is 220 g/mol. The summed E-state index contributed by atoms with van der Waals surface area (Å²) in [6, 6.07) is 4.45. The molecule has 0 heterocycles. The van der Waals surface area contributed by atoms with E-state index in [-0.39, 0.29) is 11.6 Å². The predicted octanol–water partition coefficient (Wildman–Crippen LogP) is 1.71. The third kappa shape index (κ3) is 2.84. The van der Waals surface area contributed by atoms with Gasteiger partial charge >= 0.3 is 6.09 Å². The van der Waals surface area contributed by atoms with Crippen LogP contribution in [0.5, 0.6) is 5.75 Å². The quantitative estimate of drug-likeness (QED) is 0.355. The molecule has 0 aliphatic carbocycles. The van der Waals surface area contributed by atoms with Gasteiger partial charge in [0.2, 0.25) is 0 Å². The van der Waals surface area contributed by atoms with Crippen LogP contribution in [0.15, 0.2) is 30.9 Å². The van der Waals surface area contributed by atoms with Crippen LogP contribution in [-0.2, 0) is 6.42 Å². The first-order valence-electron chi connectivity index (χ1n) is 4.56. The van der Waals surface area contributed by atoms with E-state index in [1.54, 1.807) is 12.1 Å². The predicted molar refractivity (Wildman–Crippen MR) is 60.0 cm³/mol. The molecule has 1 aromatic rings. The lowest BCUT2D eigenvalue weighted by atomic mass is 10.1. The molecule has 0 spiro atoms. The Morgan fingerprint density at radius 3 is 2.81 bits per heavy atom. The molecule has 0 unspecified atom stereocenters. The van der Waals surface area contributed by atoms with Gasteiger partial charge in [0.15, 0.2) is 0 Å². The number of nitrogens with one attached hydrogen (secondary N) is 2. The Morgan fingerprint density at radius 1 is 1.56 bits per heavy atom. The van der Waals surface area contributed by atoms with Crippen LogP contribution in [0.3, 0.4) is 0 Å². The maximum atomic E-state index is 10.3. The third-order valence-electron chi connectivity index (χ3n) is 1.96. The summed E-state index contributed by atoms with van der Waals surface area (Å²) in [7, 11) is 0. The van der Waals surface area contributed by atoms with Crippen molar-refractivity contribution < 1.29 is 15.0 Å². The normalized spacial score (nSPS) is 9.50. The van der Waals surface area contributed by atoms with Crippen molar-refractivity contribution in [2.75, 3.05) is 0 Å². The standard InChI is InChI=1S/C11H12N2O3/c1-2-3-7-6-8(4-5-9(7)14)10(12)13-11(15)16/h2,4-6,14H,1,3H2,(H2,12,13)(H,15,16). The van der Waals surface area contributed by atoms with Gasteiger partial charge in [-0.3, -0.25) is 10.7 Å². The van der Waals surface area contributed by atoms with E-state index < -0.39 is 6.09 Å². The number of rotatable bonds is 3. The van der Waals surface area contributed by atoms with Crippen molar-refractivity contribution >= 4 is 11.9 Å². The van der Waals surface area contributed by atoms with Gasteiger partial charge in [0.1, 0.15) is 11.6 Å². The number of hydrogen-bond donors (Lipinski definition) is 4. The van der Waals surface area contributed by atoms with Gasteiger partial charge < -0.3 is 10.2 Å². The fourth-order valence-corrected chi connectivity index (χ4v) is 1.24. The smallest absolute Gasteiger partial charge is 0.410 e. The number of allylic oxidation sites excluding steroid dienone is 1. The molecule has 0 aliphatic rings. The van der Waals surface area contributed by atoms with Crippen LogP contribution in [0.25, 0.3) is 0 Å². The summed E-state index contributed by atoms with van der Waals surface area (Å²) in [4.78, 5) is 10.3. The van der Waals surface area contributed by atoms with E-state index in [9.17, 15) is 9.90 Å². The van der Waals surface area contributed by atoms with E-state index in [1.165, 1.54) is 12.1 Å². The lowest BCUT2D eigenvalue weighted by Crippen LogP contribution is -2.28. The summed E-state index contributed by atoms with van der Waals surface area (Å²) < 4.78 is 0. The largest absolute Gasteiger partial charge is 0.508 e. The van der Waals surface area contributed by atoms with Crippen molar-refractivity contribution in [3.63, 3.8) is 0 Å². The molecule has 0 saturated carbocycles. The zero-order valence-corrected chi connectivity index (χ0v) is 8.53. The van der Waals surface area contributed by atoms with E-state index in [1.807, 2.05) is 5.32 Å². The number of aromatic hydroxyl groups is 1. The summed E-state index contributed by atoms with van der Waals surface area (Å²) in [5.74, 6) is -0.121. The number of amidine groups is 1. The number of hydrogen-bond acceptors (Lipinski definition) is 3. The molecule has 0 aromatic heterocycles. The minimum absolute atomic E-state index is 0.103. The molecule has 0 fully saturated rings. The third-order valence-corrected chi connectivity index (χ3v) is 1.96. The fraction of sp³-hybridized carbons (Fsp3) is 0.0909. The van der Waals surface area contributed by atoms with Gasteiger partial charge in [-0.2, -0.15) is 0 Å². The Morgan fingerprint density at radius 2 is 2.25 bits per heavy atom.